The van der Waals surface area contributed by atoms with E-state index in [-0.39, 0.29) is 12.2 Å². The smallest absolute Gasteiger partial charge is 0.408 e. The molecule has 1 heterocycles. The van der Waals surface area contributed by atoms with E-state index >= 15 is 0 Å². The minimum atomic E-state index is -4.26. The molecule has 0 amide bonds. The third kappa shape index (κ3) is 6.91. The molecule has 172 valence electrons. The molecule has 0 aliphatic carbocycles. The molecule has 3 rings (SSSR count). The number of ether oxygens (including phenoxy) is 2. The summed E-state index contributed by atoms with van der Waals surface area (Å²) < 4.78 is 74.8. The van der Waals surface area contributed by atoms with Crippen LogP contribution in [0.25, 0.3) is 11.1 Å². The molecule has 2 nitrogen and oxygen atoms in total. The van der Waals surface area contributed by atoms with Crippen LogP contribution in [0.2, 0.25) is 0 Å². The van der Waals surface area contributed by atoms with E-state index in [9.17, 15) is 22.0 Å². The first-order valence-electron chi connectivity index (χ1n) is 9.75. The van der Waals surface area contributed by atoms with Crippen LogP contribution in [0.4, 0.5) is 22.0 Å². The van der Waals surface area contributed by atoms with Gasteiger partial charge in [-0.05, 0) is 87.5 Å². The SMILES string of the molecule is Cc1cc(OC(CCC(F)(F)F)c2cccs2)cc(C)c1-c1ccc(OC(F)(F)P)cc1. The average molecular weight is 488 g/mol. The Kier molecular flexibility index (Phi) is 7.46. The van der Waals surface area contributed by atoms with Gasteiger partial charge in [0.25, 0.3) is 0 Å². The monoisotopic (exact) mass is 488 g/mol. The molecule has 3 aromatic rings. The van der Waals surface area contributed by atoms with Gasteiger partial charge >= 0.3 is 12.0 Å². The Balaban J connectivity index is 1.83. The van der Waals surface area contributed by atoms with Crippen molar-refractivity contribution in [2.75, 3.05) is 0 Å². The molecule has 2 aromatic carbocycles. The van der Waals surface area contributed by atoms with Crippen LogP contribution in [0.3, 0.4) is 0 Å². The van der Waals surface area contributed by atoms with Crippen molar-refractivity contribution < 1.29 is 31.4 Å². The quantitative estimate of drug-likeness (QED) is 0.235. The van der Waals surface area contributed by atoms with Crippen LogP contribution in [0, 0.1) is 13.8 Å². The van der Waals surface area contributed by atoms with Gasteiger partial charge in [0.05, 0.1) is 0 Å². The largest absolute Gasteiger partial charge is 0.485 e. The predicted octanol–water partition coefficient (Wildman–Crippen LogP) is 8.30. The summed E-state index contributed by atoms with van der Waals surface area (Å²) in [5.41, 5.74) is 3.40. The zero-order valence-electron chi connectivity index (χ0n) is 17.4. The molecule has 0 saturated carbocycles. The second kappa shape index (κ2) is 9.75. The highest BCUT2D eigenvalue weighted by Gasteiger charge is 2.30. The van der Waals surface area contributed by atoms with E-state index in [1.54, 1.807) is 41.8 Å². The van der Waals surface area contributed by atoms with Crippen molar-refractivity contribution >= 4 is 20.6 Å². The van der Waals surface area contributed by atoms with Gasteiger partial charge in [0, 0.05) is 11.3 Å². The van der Waals surface area contributed by atoms with Gasteiger partial charge in [-0.3, -0.25) is 0 Å². The maximum Gasteiger partial charge on any atom is 0.408 e. The lowest BCUT2D eigenvalue weighted by atomic mass is 9.95. The van der Waals surface area contributed by atoms with E-state index in [1.165, 1.54) is 32.7 Å². The van der Waals surface area contributed by atoms with Crippen LogP contribution in [0.1, 0.15) is 34.9 Å². The minimum Gasteiger partial charge on any atom is -0.485 e. The summed E-state index contributed by atoms with van der Waals surface area (Å²) in [6, 6.07) is 13.4. The van der Waals surface area contributed by atoms with Crippen LogP contribution in [-0.4, -0.2) is 12.0 Å². The molecule has 0 aliphatic heterocycles. The Bertz CT molecular complexity index is 1010. The topological polar surface area (TPSA) is 18.5 Å². The zero-order chi connectivity index (χ0) is 23.5. The standard InChI is InChI=1S/C23H22F5O2PS/c1-14-12-18(29-19(9-10-22(24,25)26)20-4-3-11-32-20)13-15(2)21(14)16-5-7-17(8-6-16)30-23(27,28)31/h3-8,11-13,19H,9-10,31H2,1-2H3. The number of thiophene rings is 1. The molecule has 0 saturated heterocycles. The predicted molar refractivity (Wildman–Crippen MR) is 120 cm³/mol. The first-order valence-corrected chi connectivity index (χ1v) is 11.2. The van der Waals surface area contributed by atoms with E-state index in [2.05, 4.69) is 4.74 Å². The van der Waals surface area contributed by atoms with Gasteiger partial charge in [0.1, 0.15) is 17.6 Å². The number of halogens is 5. The summed E-state index contributed by atoms with van der Waals surface area (Å²) in [7, 11) is 1.32. The Labute approximate surface area is 189 Å². The number of benzene rings is 2. The summed E-state index contributed by atoms with van der Waals surface area (Å²) in [5, 5.41) is 1.80. The molecule has 0 bridgehead atoms. The average Bonchev–Trinajstić information content (AvgIpc) is 3.18. The second-order valence-electron chi connectivity index (χ2n) is 7.40. The van der Waals surface area contributed by atoms with Crippen molar-refractivity contribution in [2.45, 2.75) is 44.8 Å². The summed E-state index contributed by atoms with van der Waals surface area (Å²) in [6.07, 6.45) is -6.07. The van der Waals surface area contributed by atoms with E-state index in [1.807, 2.05) is 13.8 Å². The van der Waals surface area contributed by atoms with Crippen molar-refractivity contribution in [1.82, 2.24) is 0 Å². The zero-order valence-corrected chi connectivity index (χ0v) is 19.4. The molecule has 0 spiro atoms. The normalized spacial score (nSPS) is 13.1. The van der Waals surface area contributed by atoms with Crippen molar-refractivity contribution in [3.63, 3.8) is 0 Å². The lowest BCUT2D eigenvalue weighted by Gasteiger charge is -2.21. The van der Waals surface area contributed by atoms with Crippen molar-refractivity contribution in [3.8, 4) is 22.6 Å². The van der Waals surface area contributed by atoms with Crippen molar-refractivity contribution in [2.24, 2.45) is 0 Å². The Hall–Kier alpha value is -2.18. The van der Waals surface area contributed by atoms with Crippen LogP contribution in [0.15, 0.2) is 53.9 Å². The molecule has 32 heavy (non-hydrogen) atoms. The van der Waals surface area contributed by atoms with Gasteiger partial charge in [-0.1, -0.05) is 18.2 Å². The number of hydrogen-bond acceptors (Lipinski definition) is 3. The maximum atomic E-state index is 13.0. The van der Waals surface area contributed by atoms with Crippen LogP contribution >= 0.6 is 20.6 Å². The van der Waals surface area contributed by atoms with Crippen LogP contribution in [-0.2, 0) is 0 Å². The van der Waals surface area contributed by atoms with E-state index < -0.39 is 24.6 Å². The molecule has 0 aliphatic rings. The number of hydrogen-bond donors (Lipinski definition) is 0. The fourth-order valence-corrected chi connectivity index (χ4v) is 4.41. The molecule has 0 radical (unpaired) electrons. The van der Waals surface area contributed by atoms with Gasteiger partial charge in [-0.2, -0.15) is 22.0 Å². The Morgan fingerprint density at radius 2 is 1.56 bits per heavy atom. The number of aryl methyl sites for hydroxylation is 2. The summed E-state index contributed by atoms with van der Waals surface area (Å²) >= 11 is 1.36. The van der Waals surface area contributed by atoms with Gasteiger partial charge in [0.2, 0.25) is 0 Å². The third-order valence-corrected chi connectivity index (χ3v) is 5.81. The molecule has 2 unspecified atom stereocenters. The Morgan fingerprint density at radius 1 is 0.938 bits per heavy atom. The molecule has 1 aromatic heterocycles. The summed E-state index contributed by atoms with van der Waals surface area (Å²) in [4.78, 5) is 0.732. The molecule has 9 heteroatoms. The highest BCUT2D eigenvalue weighted by Crippen LogP contribution is 2.37. The van der Waals surface area contributed by atoms with Crippen molar-refractivity contribution in [1.29, 1.82) is 0 Å². The first-order chi connectivity index (χ1) is 14.9. The summed E-state index contributed by atoms with van der Waals surface area (Å²) in [6.45, 7) is 3.73. The van der Waals surface area contributed by atoms with Gasteiger partial charge in [0.15, 0.2) is 0 Å². The third-order valence-electron chi connectivity index (χ3n) is 4.73. The number of rotatable bonds is 8. The highest BCUT2D eigenvalue weighted by atomic mass is 32.1. The first kappa shape index (κ1) is 24.5. The highest BCUT2D eigenvalue weighted by molar-refractivity contribution is 7.17. The van der Waals surface area contributed by atoms with E-state index in [4.69, 9.17) is 4.74 Å². The van der Waals surface area contributed by atoms with Crippen molar-refractivity contribution in [3.05, 3.63) is 69.9 Å². The maximum absolute atomic E-state index is 13.0. The molecular weight excluding hydrogens is 466 g/mol. The fraction of sp³-hybridized carbons (Fsp3) is 0.304. The lowest BCUT2D eigenvalue weighted by molar-refractivity contribution is -0.139. The van der Waals surface area contributed by atoms with E-state index in [0.717, 1.165) is 27.1 Å². The molecule has 2 atom stereocenters. The molecule has 0 N–H and O–H groups in total. The Morgan fingerprint density at radius 3 is 2.06 bits per heavy atom. The van der Waals surface area contributed by atoms with Gasteiger partial charge in [-0.25, -0.2) is 0 Å². The minimum absolute atomic E-state index is 0.0347. The fourth-order valence-electron chi connectivity index (χ4n) is 3.49. The lowest BCUT2D eigenvalue weighted by Crippen LogP contribution is -2.14. The van der Waals surface area contributed by atoms with Gasteiger partial charge < -0.3 is 9.47 Å². The molecular formula is C23H22F5O2PS. The number of alkyl halides is 5. The van der Waals surface area contributed by atoms with Gasteiger partial charge in [-0.15, -0.1) is 11.3 Å². The van der Waals surface area contributed by atoms with E-state index in [0.29, 0.717) is 5.75 Å². The molecule has 0 fully saturated rings. The second-order valence-corrected chi connectivity index (χ2v) is 9.05. The van der Waals surface area contributed by atoms with Crippen LogP contribution in [0.5, 0.6) is 11.5 Å². The van der Waals surface area contributed by atoms with Crippen LogP contribution < -0.4 is 9.47 Å². The summed E-state index contributed by atoms with van der Waals surface area (Å²) in [5.74, 6) is -2.84.